The summed E-state index contributed by atoms with van der Waals surface area (Å²) in [5, 5.41) is 9.03. The molecule has 4 nitrogen and oxygen atoms in total. The van der Waals surface area contributed by atoms with Crippen LogP contribution in [0.4, 0.5) is 0 Å². The number of aliphatic hydroxyl groups excluding tert-OH is 1. The van der Waals surface area contributed by atoms with E-state index in [4.69, 9.17) is 5.11 Å². The maximum atomic E-state index is 12.5. The van der Waals surface area contributed by atoms with Crippen LogP contribution in [0, 0.1) is 0 Å². The van der Waals surface area contributed by atoms with Crippen molar-refractivity contribution in [3.63, 3.8) is 0 Å². The second-order valence-corrected chi connectivity index (χ2v) is 7.84. The van der Waals surface area contributed by atoms with Crippen LogP contribution in [0.15, 0.2) is 16.3 Å². The van der Waals surface area contributed by atoms with E-state index in [0.717, 1.165) is 25.7 Å². The number of thiophene rings is 1. The Kier molecular flexibility index (Phi) is 4.42. The van der Waals surface area contributed by atoms with Gasteiger partial charge in [-0.25, -0.2) is 8.42 Å². The molecule has 6 heteroatoms. The molecule has 0 radical (unpaired) electrons. The monoisotopic (exact) mass is 289 g/mol. The number of rotatable bonds is 4. The van der Waals surface area contributed by atoms with Crippen LogP contribution in [0.3, 0.4) is 0 Å². The third-order valence-corrected chi connectivity index (χ3v) is 6.89. The molecule has 1 saturated heterocycles. The zero-order valence-corrected chi connectivity index (χ0v) is 12.1. The highest BCUT2D eigenvalue weighted by Gasteiger charge is 2.33. The van der Waals surface area contributed by atoms with E-state index in [1.165, 1.54) is 11.3 Å². The first-order valence-corrected chi connectivity index (χ1v) is 8.56. The Balaban J connectivity index is 2.28. The van der Waals surface area contributed by atoms with Gasteiger partial charge in [-0.2, -0.15) is 4.31 Å². The summed E-state index contributed by atoms with van der Waals surface area (Å²) in [5.74, 6) is 0. The average Bonchev–Trinajstić information content (AvgIpc) is 2.88. The van der Waals surface area contributed by atoms with Crippen LogP contribution in [-0.4, -0.2) is 30.4 Å². The largest absolute Gasteiger partial charge is 0.391 e. The van der Waals surface area contributed by atoms with Crippen LogP contribution < -0.4 is 0 Å². The van der Waals surface area contributed by atoms with Crippen molar-refractivity contribution in [2.75, 3.05) is 6.54 Å². The molecule has 1 aromatic rings. The molecule has 0 aliphatic carbocycles. The van der Waals surface area contributed by atoms with Crippen molar-refractivity contribution in [3.05, 3.63) is 17.0 Å². The van der Waals surface area contributed by atoms with Crippen molar-refractivity contribution in [3.8, 4) is 0 Å². The van der Waals surface area contributed by atoms with Crippen LogP contribution in [-0.2, 0) is 16.6 Å². The Labute approximate surface area is 112 Å². The minimum atomic E-state index is -3.37. The van der Waals surface area contributed by atoms with Gasteiger partial charge in [0.05, 0.1) is 6.61 Å². The van der Waals surface area contributed by atoms with Crippen molar-refractivity contribution in [2.45, 2.75) is 49.5 Å². The smallest absolute Gasteiger partial charge is 0.252 e. The average molecular weight is 289 g/mol. The molecule has 0 amide bonds. The molecule has 0 saturated carbocycles. The molecule has 0 bridgehead atoms. The van der Waals surface area contributed by atoms with E-state index in [0.29, 0.717) is 15.6 Å². The fourth-order valence-corrected chi connectivity index (χ4v) is 5.51. The first kappa shape index (κ1) is 14.0. The van der Waals surface area contributed by atoms with Crippen molar-refractivity contribution in [1.82, 2.24) is 4.31 Å². The molecule has 1 aliphatic rings. The first-order valence-electron chi connectivity index (χ1n) is 6.31. The SMILES string of the molecule is CCC1CCCCN1S(=O)(=O)c1ccc(CO)s1. The lowest BCUT2D eigenvalue weighted by molar-refractivity contribution is 0.247. The van der Waals surface area contributed by atoms with E-state index in [2.05, 4.69) is 0 Å². The van der Waals surface area contributed by atoms with Gasteiger partial charge in [-0.1, -0.05) is 13.3 Å². The fourth-order valence-electron chi connectivity index (χ4n) is 2.40. The highest BCUT2D eigenvalue weighted by Crippen LogP contribution is 2.30. The summed E-state index contributed by atoms with van der Waals surface area (Å²) in [5.41, 5.74) is 0. The number of sulfonamides is 1. The fraction of sp³-hybridized carbons (Fsp3) is 0.667. The first-order chi connectivity index (χ1) is 8.59. The Bertz CT molecular complexity index is 495. The summed E-state index contributed by atoms with van der Waals surface area (Å²) in [7, 11) is -3.37. The Morgan fingerprint density at radius 1 is 1.44 bits per heavy atom. The third-order valence-electron chi connectivity index (χ3n) is 3.40. The maximum absolute atomic E-state index is 12.5. The summed E-state index contributed by atoms with van der Waals surface area (Å²) < 4.78 is 27.1. The molecule has 1 aliphatic heterocycles. The lowest BCUT2D eigenvalue weighted by atomic mass is 10.0. The maximum Gasteiger partial charge on any atom is 0.252 e. The molecule has 102 valence electrons. The molecule has 1 fully saturated rings. The zero-order valence-electron chi connectivity index (χ0n) is 10.5. The molecule has 0 spiro atoms. The normalized spacial score (nSPS) is 22.2. The van der Waals surface area contributed by atoms with Crippen molar-refractivity contribution >= 4 is 21.4 Å². The minimum absolute atomic E-state index is 0.0998. The van der Waals surface area contributed by atoms with Crippen molar-refractivity contribution in [1.29, 1.82) is 0 Å². The molecule has 1 atom stereocenters. The van der Waals surface area contributed by atoms with E-state index in [1.54, 1.807) is 16.4 Å². The van der Waals surface area contributed by atoms with Gasteiger partial charge in [-0.15, -0.1) is 11.3 Å². The number of piperidine rings is 1. The molecule has 18 heavy (non-hydrogen) atoms. The Morgan fingerprint density at radius 2 is 2.22 bits per heavy atom. The number of nitrogens with zero attached hydrogens (tertiary/aromatic N) is 1. The summed E-state index contributed by atoms with van der Waals surface area (Å²) in [6, 6.07) is 3.42. The van der Waals surface area contributed by atoms with Crippen molar-refractivity contribution in [2.24, 2.45) is 0 Å². The molecule has 2 heterocycles. The van der Waals surface area contributed by atoms with E-state index >= 15 is 0 Å². The molecular weight excluding hydrogens is 270 g/mol. The second-order valence-electron chi connectivity index (χ2n) is 4.55. The summed E-state index contributed by atoms with van der Waals surface area (Å²) in [6.45, 7) is 2.55. The highest BCUT2D eigenvalue weighted by molar-refractivity contribution is 7.91. The standard InChI is InChI=1S/C12H19NO3S2/c1-2-10-5-3-4-8-13(10)18(15,16)12-7-6-11(9-14)17-12/h6-7,10,14H,2-5,8-9H2,1H3. The van der Waals surface area contributed by atoms with Crippen LogP contribution in [0.25, 0.3) is 0 Å². The lowest BCUT2D eigenvalue weighted by Crippen LogP contribution is -2.42. The topological polar surface area (TPSA) is 57.6 Å². The molecule has 1 unspecified atom stereocenters. The number of hydrogen-bond donors (Lipinski definition) is 1. The van der Waals surface area contributed by atoms with Gasteiger partial charge in [0, 0.05) is 17.5 Å². The number of aliphatic hydroxyl groups is 1. The van der Waals surface area contributed by atoms with Gasteiger partial charge in [0.2, 0.25) is 0 Å². The van der Waals surface area contributed by atoms with Crippen LogP contribution in [0.2, 0.25) is 0 Å². The van der Waals surface area contributed by atoms with E-state index in [9.17, 15) is 8.42 Å². The second kappa shape index (κ2) is 5.69. The quantitative estimate of drug-likeness (QED) is 0.924. The molecule has 1 aromatic heterocycles. The molecule has 1 N–H and O–H groups in total. The number of hydrogen-bond acceptors (Lipinski definition) is 4. The highest BCUT2D eigenvalue weighted by atomic mass is 32.2. The Hall–Kier alpha value is -0.430. The van der Waals surface area contributed by atoms with Crippen LogP contribution in [0.5, 0.6) is 0 Å². The van der Waals surface area contributed by atoms with Gasteiger partial charge in [0.15, 0.2) is 0 Å². The van der Waals surface area contributed by atoms with Gasteiger partial charge >= 0.3 is 0 Å². The zero-order chi connectivity index (χ0) is 13.2. The predicted octanol–water partition coefficient (Wildman–Crippen LogP) is 2.19. The van der Waals surface area contributed by atoms with E-state index in [-0.39, 0.29) is 12.6 Å². The van der Waals surface area contributed by atoms with Gasteiger partial charge < -0.3 is 5.11 Å². The minimum Gasteiger partial charge on any atom is -0.391 e. The predicted molar refractivity (Wildman–Crippen MR) is 72.1 cm³/mol. The summed E-state index contributed by atoms with van der Waals surface area (Å²) in [4.78, 5) is 0.693. The molecule has 0 aromatic carbocycles. The molecular formula is C12H19NO3S2. The van der Waals surface area contributed by atoms with Gasteiger partial charge in [0.25, 0.3) is 10.0 Å². The van der Waals surface area contributed by atoms with Gasteiger partial charge in [0.1, 0.15) is 4.21 Å². The summed E-state index contributed by atoms with van der Waals surface area (Å²) >= 11 is 1.17. The third kappa shape index (κ3) is 2.61. The Morgan fingerprint density at radius 3 is 2.83 bits per heavy atom. The van der Waals surface area contributed by atoms with E-state index in [1.807, 2.05) is 6.92 Å². The van der Waals surface area contributed by atoms with Crippen LogP contribution >= 0.6 is 11.3 Å². The lowest BCUT2D eigenvalue weighted by Gasteiger charge is -2.33. The molecule has 2 rings (SSSR count). The van der Waals surface area contributed by atoms with Gasteiger partial charge in [-0.3, -0.25) is 0 Å². The van der Waals surface area contributed by atoms with E-state index < -0.39 is 10.0 Å². The van der Waals surface area contributed by atoms with Crippen molar-refractivity contribution < 1.29 is 13.5 Å². The van der Waals surface area contributed by atoms with Crippen LogP contribution in [0.1, 0.15) is 37.5 Å². The summed E-state index contributed by atoms with van der Waals surface area (Å²) in [6.07, 6.45) is 3.86. The van der Waals surface area contributed by atoms with Gasteiger partial charge in [-0.05, 0) is 31.4 Å².